The maximum atomic E-state index is 12.6. The van der Waals surface area contributed by atoms with Crippen molar-refractivity contribution in [3.63, 3.8) is 0 Å². The molecule has 2 rings (SSSR count). The first-order valence-electron chi connectivity index (χ1n) is 9.06. The summed E-state index contributed by atoms with van der Waals surface area (Å²) in [6.45, 7) is 0.386. The molecular formula is C20H27N3O6. The molecule has 0 fully saturated rings. The maximum absolute atomic E-state index is 12.6. The van der Waals surface area contributed by atoms with Crippen LogP contribution in [0.5, 0.6) is 5.75 Å². The first-order chi connectivity index (χ1) is 14.0. The number of ether oxygens (including phenoxy) is 3. The third kappa shape index (κ3) is 6.68. The Balaban J connectivity index is 1.99. The summed E-state index contributed by atoms with van der Waals surface area (Å²) in [5.41, 5.74) is 0.450. The number of nitrogens with zero attached hydrogens (tertiary/aromatic N) is 1. The summed E-state index contributed by atoms with van der Waals surface area (Å²) in [4.78, 5) is 29.1. The number of hydrogen-bond donors (Lipinski definition) is 3. The van der Waals surface area contributed by atoms with E-state index in [-0.39, 0.29) is 24.6 Å². The zero-order valence-electron chi connectivity index (χ0n) is 16.8. The van der Waals surface area contributed by atoms with E-state index in [0.717, 1.165) is 5.56 Å². The summed E-state index contributed by atoms with van der Waals surface area (Å²) in [6, 6.07) is 10.6. The van der Waals surface area contributed by atoms with E-state index in [1.165, 1.54) is 26.5 Å². The number of nitrogens with one attached hydrogen (secondary N) is 2. The lowest BCUT2D eigenvalue weighted by Crippen LogP contribution is -2.45. The molecule has 1 heterocycles. The number of benzene rings is 1. The lowest BCUT2D eigenvalue weighted by Gasteiger charge is -2.26. The van der Waals surface area contributed by atoms with Crippen LogP contribution in [0.4, 0.5) is 0 Å². The Morgan fingerprint density at radius 1 is 1.21 bits per heavy atom. The number of aromatic nitrogens is 1. The quantitative estimate of drug-likeness (QED) is 0.468. The Morgan fingerprint density at radius 3 is 2.55 bits per heavy atom. The molecule has 1 aromatic carbocycles. The fourth-order valence-corrected chi connectivity index (χ4v) is 2.54. The van der Waals surface area contributed by atoms with E-state index < -0.39 is 23.9 Å². The molecule has 0 bridgehead atoms. The van der Waals surface area contributed by atoms with Crippen LogP contribution >= 0.6 is 0 Å². The highest BCUT2D eigenvalue weighted by Crippen LogP contribution is 2.12. The van der Waals surface area contributed by atoms with Crippen LogP contribution in [0.25, 0.3) is 0 Å². The van der Waals surface area contributed by atoms with Crippen molar-refractivity contribution in [1.29, 1.82) is 0 Å². The summed E-state index contributed by atoms with van der Waals surface area (Å²) in [6.07, 6.45) is -0.110. The van der Waals surface area contributed by atoms with E-state index in [4.69, 9.17) is 14.2 Å². The molecule has 1 atom stereocenters. The topological polar surface area (TPSA) is 113 Å². The van der Waals surface area contributed by atoms with Gasteiger partial charge < -0.3 is 29.6 Å². The highest BCUT2D eigenvalue weighted by atomic mass is 16.7. The van der Waals surface area contributed by atoms with Crippen LogP contribution in [-0.2, 0) is 16.1 Å². The molecule has 29 heavy (non-hydrogen) atoms. The molecule has 9 heteroatoms. The summed E-state index contributed by atoms with van der Waals surface area (Å²) in [7, 11) is 4.67. The molecule has 0 aliphatic rings. The van der Waals surface area contributed by atoms with Gasteiger partial charge in [0.1, 0.15) is 12.8 Å². The molecule has 0 aliphatic heterocycles. The molecule has 3 N–H and O–H groups in total. The van der Waals surface area contributed by atoms with Crippen LogP contribution in [0.1, 0.15) is 16.1 Å². The van der Waals surface area contributed by atoms with Gasteiger partial charge in [-0.15, -0.1) is 0 Å². The fraction of sp³-hybridized carbons (Fsp3) is 0.400. The Hall–Kier alpha value is -2.72. The van der Waals surface area contributed by atoms with Gasteiger partial charge in [-0.1, -0.05) is 30.3 Å². The molecule has 9 nitrogen and oxygen atoms in total. The van der Waals surface area contributed by atoms with Crippen molar-refractivity contribution in [3.8, 4) is 5.75 Å². The average Bonchev–Trinajstić information content (AvgIpc) is 2.75. The Bertz CT molecular complexity index is 822. The van der Waals surface area contributed by atoms with Gasteiger partial charge in [0.25, 0.3) is 5.91 Å². The smallest absolute Gasteiger partial charge is 0.271 e. The molecule has 0 saturated carbocycles. The van der Waals surface area contributed by atoms with Crippen LogP contribution in [0.2, 0.25) is 0 Å². The highest BCUT2D eigenvalue weighted by molar-refractivity contribution is 5.94. The normalized spacial score (nSPS) is 12.2. The number of carbonyl (C=O) groups is 1. The summed E-state index contributed by atoms with van der Waals surface area (Å²) < 4.78 is 15.8. The van der Waals surface area contributed by atoms with Gasteiger partial charge in [0.05, 0.1) is 13.1 Å². The summed E-state index contributed by atoms with van der Waals surface area (Å²) in [5.74, 6) is -0.635. The van der Waals surface area contributed by atoms with E-state index in [1.807, 2.05) is 30.3 Å². The van der Waals surface area contributed by atoms with Crippen molar-refractivity contribution in [3.05, 3.63) is 64.1 Å². The van der Waals surface area contributed by atoms with Gasteiger partial charge in [0, 0.05) is 26.5 Å². The van der Waals surface area contributed by atoms with Crippen molar-refractivity contribution in [1.82, 2.24) is 15.2 Å². The summed E-state index contributed by atoms with van der Waals surface area (Å²) in [5, 5.41) is 12.8. The third-order valence-electron chi connectivity index (χ3n) is 4.28. The molecule has 1 amide bonds. The number of pyridine rings is 1. The summed E-state index contributed by atoms with van der Waals surface area (Å²) >= 11 is 0. The second-order valence-corrected chi connectivity index (χ2v) is 6.35. The number of H-pyrrole nitrogens is 1. The van der Waals surface area contributed by atoms with Crippen molar-refractivity contribution in [2.24, 2.45) is 0 Å². The lowest BCUT2D eigenvalue weighted by atomic mass is 10.2. The Morgan fingerprint density at radius 2 is 1.90 bits per heavy atom. The lowest BCUT2D eigenvalue weighted by molar-refractivity contribution is -0.130. The minimum absolute atomic E-state index is 0.00468. The Kier molecular flexibility index (Phi) is 8.81. The van der Waals surface area contributed by atoms with Crippen molar-refractivity contribution in [2.75, 3.05) is 34.4 Å². The van der Waals surface area contributed by atoms with Gasteiger partial charge in [-0.25, -0.2) is 0 Å². The SMILES string of the molecule is COC(CN(C)C(O)CNC(=O)c1[nH]ccc(=O)c1OCc1ccccc1)OC. The molecule has 0 saturated heterocycles. The van der Waals surface area contributed by atoms with Gasteiger partial charge in [-0.05, 0) is 12.6 Å². The minimum Gasteiger partial charge on any atom is -0.483 e. The number of methoxy groups -OCH3 is 2. The van der Waals surface area contributed by atoms with Crippen LogP contribution in [-0.4, -0.2) is 67.8 Å². The monoisotopic (exact) mass is 405 g/mol. The minimum atomic E-state index is -0.976. The number of rotatable bonds is 11. The average molecular weight is 405 g/mol. The van der Waals surface area contributed by atoms with Crippen molar-refractivity contribution < 1.29 is 24.1 Å². The van der Waals surface area contributed by atoms with Crippen molar-refractivity contribution >= 4 is 5.91 Å². The molecule has 1 aromatic heterocycles. The largest absolute Gasteiger partial charge is 0.483 e. The van der Waals surface area contributed by atoms with Crippen LogP contribution in [0, 0.1) is 0 Å². The second kappa shape index (κ2) is 11.3. The number of aromatic amines is 1. The number of likely N-dealkylation sites (N-methyl/N-ethyl adjacent to an activating group) is 1. The zero-order chi connectivity index (χ0) is 21.2. The second-order valence-electron chi connectivity index (χ2n) is 6.35. The van der Waals surface area contributed by atoms with Crippen LogP contribution in [0.3, 0.4) is 0 Å². The van der Waals surface area contributed by atoms with E-state index in [2.05, 4.69) is 10.3 Å². The Labute approximate surface area is 169 Å². The third-order valence-corrected chi connectivity index (χ3v) is 4.28. The first-order valence-corrected chi connectivity index (χ1v) is 9.06. The van der Waals surface area contributed by atoms with Gasteiger partial charge in [-0.2, -0.15) is 0 Å². The van der Waals surface area contributed by atoms with Crippen LogP contribution < -0.4 is 15.5 Å². The predicted molar refractivity (Wildman–Crippen MR) is 107 cm³/mol. The van der Waals surface area contributed by atoms with E-state index in [1.54, 1.807) is 11.9 Å². The van der Waals surface area contributed by atoms with Gasteiger partial charge in [0.2, 0.25) is 5.43 Å². The maximum Gasteiger partial charge on any atom is 0.271 e. The molecule has 2 aromatic rings. The van der Waals surface area contributed by atoms with E-state index in [0.29, 0.717) is 6.54 Å². The predicted octanol–water partition coefficient (Wildman–Crippen LogP) is 0.553. The molecule has 0 radical (unpaired) electrons. The van der Waals surface area contributed by atoms with Crippen LogP contribution in [0.15, 0.2) is 47.4 Å². The number of aliphatic hydroxyl groups is 1. The molecule has 0 aliphatic carbocycles. The highest BCUT2D eigenvalue weighted by Gasteiger charge is 2.20. The van der Waals surface area contributed by atoms with Gasteiger partial charge in [0.15, 0.2) is 17.7 Å². The fourth-order valence-electron chi connectivity index (χ4n) is 2.54. The molecule has 158 valence electrons. The van der Waals surface area contributed by atoms with Gasteiger partial charge in [-0.3, -0.25) is 14.5 Å². The zero-order valence-corrected chi connectivity index (χ0v) is 16.8. The molecular weight excluding hydrogens is 378 g/mol. The number of aliphatic hydroxyl groups excluding tert-OH is 1. The number of amides is 1. The van der Waals surface area contributed by atoms with Gasteiger partial charge >= 0.3 is 0 Å². The van der Waals surface area contributed by atoms with E-state index >= 15 is 0 Å². The number of carbonyl (C=O) groups excluding carboxylic acids is 1. The first kappa shape index (κ1) is 22.6. The number of hydrogen-bond acceptors (Lipinski definition) is 7. The van der Waals surface area contributed by atoms with Crippen molar-refractivity contribution in [2.45, 2.75) is 19.1 Å². The molecule has 0 spiro atoms. The van der Waals surface area contributed by atoms with E-state index in [9.17, 15) is 14.7 Å². The molecule has 1 unspecified atom stereocenters. The standard InChI is InChI=1S/C20H27N3O6/c1-23(12-17(27-2)28-3)16(25)11-22-20(26)18-19(15(24)9-10-21-18)29-13-14-7-5-4-6-8-14/h4-10,16-17,25H,11-13H2,1-3H3,(H,21,24)(H,22,26).